The van der Waals surface area contributed by atoms with Crippen molar-refractivity contribution in [2.24, 2.45) is 0 Å². The molecule has 2 nitrogen and oxygen atoms in total. The van der Waals surface area contributed by atoms with E-state index in [1.807, 2.05) is 0 Å². The molecule has 0 saturated carbocycles. The first-order valence-corrected chi connectivity index (χ1v) is 11.6. The van der Waals surface area contributed by atoms with E-state index in [0.717, 1.165) is 23.8 Å². The Hall–Kier alpha value is -1.10. The lowest BCUT2D eigenvalue weighted by atomic mass is 10.1. The van der Waals surface area contributed by atoms with Crippen molar-refractivity contribution in [1.82, 2.24) is 0 Å². The van der Waals surface area contributed by atoms with Crippen molar-refractivity contribution in [3.63, 3.8) is 0 Å². The minimum absolute atomic E-state index is 0.540. The molecular weight excluding hydrogens is 358 g/mol. The maximum atomic E-state index is 6.07. The zero-order chi connectivity index (χ0) is 19.1. The lowest BCUT2D eigenvalue weighted by Crippen LogP contribution is -1.93. The first-order chi connectivity index (χ1) is 12.4. The molecule has 0 aliphatic carbocycles. The van der Waals surface area contributed by atoms with E-state index in [-0.39, 0.29) is 0 Å². The molecule has 2 aromatic rings. The zero-order valence-electron chi connectivity index (χ0n) is 17.0. The second-order valence-electron chi connectivity index (χ2n) is 7.01. The third-order valence-electron chi connectivity index (χ3n) is 4.90. The van der Waals surface area contributed by atoms with Crippen molar-refractivity contribution >= 4 is 17.6 Å². The van der Waals surface area contributed by atoms with E-state index in [4.69, 9.17) is 9.05 Å². The Bertz CT molecular complexity index is 678. The van der Waals surface area contributed by atoms with Crippen LogP contribution in [-0.2, 0) is 0 Å². The van der Waals surface area contributed by atoms with E-state index < -0.39 is 0 Å². The topological polar surface area (TPSA) is 18.5 Å². The van der Waals surface area contributed by atoms with E-state index in [0.29, 0.717) is 17.6 Å². The molecule has 0 fully saturated rings. The van der Waals surface area contributed by atoms with Crippen LogP contribution in [0.1, 0.15) is 46.2 Å². The second-order valence-corrected chi connectivity index (χ2v) is 8.99. The smallest absolute Gasteiger partial charge is 0.128 e. The molecule has 0 spiro atoms. The van der Waals surface area contributed by atoms with Gasteiger partial charge in [0.25, 0.3) is 0 Å². The van der Waals surface area contributed by atoms with Crippen molar-refractivity contribution in [3.05, 3.63) is 57.6 Å². The Morgan fingerprint density at radius 3 is 1.31 bits per heavy atom. The number of rotatable bonds is 9. The van der Waals surface area contributed by atoms with Gasteiger partial charge in [-0.1, -0.05) is 24.3 Å². The average molecular weight is 390 g/mol. The molecule has 2 aromatic carbocycles. The molecule has 0 N–H and O–H groups in total. The summed E-state index contributed by atoms with van der Waals surface area (Å²) in [5.74, 6) is 2.16. The highest BCUT2D eigenvalue weighted by molar-refractivity contribution is 7.33. The largest absolute Gasteiger partial charge is 0.477 e. The number of unbranched alkanes of at least 4 members (excludes halogenated alkanes) is 1. The van der Waals surface area contributed by atoms with Gasteiger partial charge in [0.15, 0.2) is 0 Å². The number of hydrogen-bond acceptors (Lipinski definition) is 2. The highest BCUT2D eigenvalue weighted by Crippen LogP contribution is 2.33. The van der Waals surface area contributed by atoms with Gasteiger partial charge in [0.1, 0.15) is 11.5 Å². The molecule has 0 aliphatic heterocycles. The second kappa shape index (κ2) is 10.3. The SMILES string of the molecule is Cc1ccc(C)c(OPCCCCPOc2c(C)ccc(C)c2C)c1C. The third-order valence-corrected chi connectivity index (χ3v) is 6.72. The minimum Gasteiger partial charge on any atom is -0.477 e. The Balaban J connectivity index is 1.65. The maximum Gasteiger partial charge on any atom is 0.128 e. The van der Waals surface area contributed by atoms with E-state index in [1.165, 1.54) is 46.2 Å². The van der Waals surface area contributed by atoms with Crippen molar-refractivity contribution in [2.45, 2.75) is 54.4 Å². The van der Waals surface area contributed by atoms with Gasteiger partial charge in [-0.15, -0.1) is 0 Å². The van der Waals surface area contributed by atoms with Crippen LogP contribution >= 0.6 is 17.6 Å². The van der Waals surface area contributed by atoms with Gasteiger partial charge in [0, 0.05) is 12.3 Å². The predicted molar refractivity (Wildman–Crippen MR) is 118 cm³/mol. The molecule has 0 bridgehead atoms. The van der Waals surface area contributed by atoms with Crippen LogP contribution in [0.3, 0.4) is 0 Å². The van der Waals surface area contributed by atoms with E-state index in [2.05, 4.69) is 65.8 Å². The Labute approximate surface area is 162 Å². The molecule has 0 amide bonds. The van der Waals surface area contributed by atoms with Crippen LogP contribution in [-0.4, -0.2) is 12.3 Å². The summed E-state index contributed by atoms with van der Waals surface area (Å²) in [6.45, 7) is 12.8. The summed E-state index contributed by atoms with van der Waals surface area (Å²) < 4.78 is 12.1. The van der Waals surface area contributed by atoms with Crippen LogP contribution in [0.15, 0.2) is 24.3 Å². The van der Waals surface area contributed by atoms with Crippen LogP contribution in [0.2, 0.25) is 0 Å². The molecule has 0 radical (unpaired) electrons. The number of aryl methyl sites for hydroxylation is 4. The van der Waals surface area contributed by atoms with Gasteiger partial charge in [-0.2, -0.15) is 0 Å². The van der Waals surface area contributed by atoms with Crippen LogP contribution < -0.4 is 9.05 Å². The van der Waals surface area contributed by atoms with E-state index >= 15 is 0 Å². The van der Waals surface area contributed by atoms with Crippen LogP contribution in [0.4, 0.5) is 0 Å². The molecule has 26 heavy (non-hydrogen) atoms. The van der Waals surface area contributed by atoms with Gasteiger partial charge >= 0.3 is 0 Å². The summed E-state index contributed by atoms with van der Waals surface area (Å²) in [6, 6.07) is 8.63. The fourth-order valence-electron chi connectivity index (χ4n) is 2.81. The molecular formula is C22H32O2P2. The number of hydrogen-bond donors (Lipinski definition) is 0. The van der Waals surface area contributed by atoms with Crippen molar-refractivity contribution in [3.8, 4) is 11.5 Å². The summed E-state index contributed by atoms with van der Waals surface area (Å²) in [5.41, 5.74) is 7.62. The summed E-state index contributed by atoms with van der Waals surface area (Å²) >= 11 is 0. The Kier molecular flexibility index (Phi) is 8.39. The van der Waals surface area contributed by atoms with Crippen molar-refractivity contribution in [1.29, 1.82) is 0 Å². The summed E-state index contributed by atoms with van der Waals surface area (Å²) in [4.78, 5) is 0. The molecule has 142 valence electrons. The minimum atomic E-state index is 0.540. The van der Waals surface area contributed by atoms with Gasteiger partial charge in [-0.05, 0) is 87.8 Å². The highest BCUT2D eigenvalue weighted by atomic mass is 31.1. The first-order valence-electron chi connectivity index (χ1n) is 9.34. The molecule has 4 heteroatoms. The Morgan fingerprint density at radius 1 is 0.577 bits per heavy atom. The van der Waals surface area contributed by atoms with Gasteiger partial charge in [-0.3, -0.25) is 0 Å². The van der Waals surface area contributed by atoms with Crippen LogP contribution in [0.5, 0.6) is 11.5 Å². The van der Waals surface area contributed by atoms with E-state index in [9.17, 15) is 0 Å². The zero-order valence-corrected chi connectivity index (χ0v) is 19.0. The summed E-state index contributed by atoms with van der Waals surface area (Å²) in [7, 11) is 1.08. The Morgan fingerprint density at radius 2 is 0.923 bits per heavy atom. The molecule has 0 saturated heterocycles. The number of benzene rings is 2. The monoisotopic (exact) mass is 390 g/mol. The molecule has 0 aromatic heterocycles. The van der Waals surface area contributed by atoms with E-state index in [1.54, 1.807) is 0 Å². The summed E-state index contributed by atoms with van der Waals surface area (Å²) in [5, 5.41) is 0. The summed E-state index contributed by atoms with van der Waals surface area (Å²) in [6.07, 6.45) is 4.65. The standard InChI is InChI=1S/C22H32O2P2/c1-15-9-11-17(3)21(19(15)5)23-25-13-7-8-14-26-24-22-18(4)12-10-16(2)20(22)6/h9-12,25-26H,7-8,13-14H2,1-6H3. The lowest BCUT2D eigenvalue weighted by Gasteiger charge is -2.14. The molecule has 0 heterocycles. The van der Waals surface area contributed by atoms with Crippen LogP contribution in [0.25, 0.3) is 0 Å². The van der Waals surface area contributed by atoms with Crippen LogP contribution in [0, 0.1) is 41.5 Å². The predicted octanol–water partition coefficient (Wildman–Crippen LogP) is 6.96. The normalized spacial score (nSPS) is 11.8. The third kappa shape index (κ3) is 5.70. The van der Waals surface area contributed by atoms with Gasteiger partial charge in [0.2, 0.25) is 0 Å². The lowest BCUT2D eigenvalue weighted by molar-refractivity contribution is 0.609. The van der Waals surface area contributed by atoms with Gasteiger partial charge in [-0.25, -0.2) is 0 Å². The maximum absolute atomic E-state index is 6.07. The average Bonchev–Trinajstić information content (AvgIpc) is 2.62. The fraction of sp³-hybridized carbons (Fsp3) is 0.455. The molecule has 2 atom stereocenters. The van der Waals surface area contributed by atoms with Crippen molar-refractivity contribution in [2.75, 3.05) is 12.3 Å². The molecule has 2 unspecified atom stereocenters. The van der Waals surface area contributed by atoms with Crippen molar-refractivity contribution < 1.29 is 9.05 Å². The molecule has 2 rings (SSSR count). The molecule has 0 aliphatic rings. The van der Waals surface area contributed by atoms with Gasteiger partial charge in [0.05, 0.1) is 17.6 Å². The fourth-order valence-corrected chi connectivity index (χ4v) is 4.72. The highest BCUT2D eigenvalue weighted by Gasteiger charge is 2.07. The van der Waals surface area contributed by atoms with Gasteiger partial charge < -0.3 is 9.05 Å². The first kappa shape index (κ1) is 21.2. The quantitative estimate of drug-likeness (QED) is 0.340.